The Bertz CT molecular complexity index is 322. The second-order valence-electron chi connectivity index (χ2n) is 4.58. The Morgan fingerprint density at radius 1 is 1.29 bits per heavy atom. The van der Waals surface area contributed by atoms with Crippen LogP contribution in [0.15, 0.2) is 18.2 Å². The maximum Gasteiger partial charge on any atom is 0.0352 e. The second-order valence-corrected chi connectivity index (χ2v) is 4.58. The Kier molecular flexibility index (Phi) is 2.98. The highest BCUT2D eigenvalue weighted by atomic mass is 14.7. The summed E-state index contributed by atoms with van der Waals surface area (Å²) in [4.78, 5) is 0. The third kappa shape index (κ3) is 2.34. The van der Waals surface area contributed by atoms with E-state index >= 15 is 0 Å². The highest BCUT2D eigenvalue weighted by Gasteiger charge is 2.15. The maximum absolute atomic E-state index is 6.02. The standard InChI is InChI=1S/C12H20N2/c1-8-7-10(12(3,4)14)5-6-11(8)9(2)13/h5-7,9H,13-14H2,1-4H3. The summed E-state index contributed by atoms with van der Waals surface area (Å²) in [6.45, 7) is 8.09. The molecule has 78 valence electrons. The van der Waals surface area contributed by atoms with Gasteiger partial charge in [0, 0.05) is 11.6 Å². The lowest BCUT2D eigenvalue weighted by Crippen LogP contribution is -2.28. The quantitative estimate of drug-likeness (QED) is 0.754. The maximum atomic E-state index is 6.02. The van der Waals surface area contributed by atoms with Gasteiger partial charge in [-0.05, 0) is 44.4 Å². The van der Waals surface area contributed by atoms with Crippen LogP contribution in [0.5, 0.6) is 0 Å². The summed E-state index contributed by atoms with van der Waals surface area (Å²) in [5.74, 6) is 0. The van der Waals surface area contributed by atoms with Crippen molar-refractivity contribution >= 4 is 0 Å². The van der Waals surface area contributed by atoms with Crippen LogP contribution >= 0.6 is 0 Å². The monoisotopic (exact) mass is 192 g/mol. The third-order valence-corrected chi connectivity index (χ3v) is 2.50. The minimum atomic E-state index is -0.277. The average Bonchev–Trinajstić information content (AvgIpc) is 2.01. The summed E-state index contributed by atoms with van der Waals surface area (Å²) in [5.41, 5.74) is 15.1. The molecule has 0 heterocycles. The van der Waals surface area contributed by atoms with Crippen molar-refractivity contribution in [2.24, 2.45) is 11.5 Å². The van der Waals surface area contributed by atoms with E-state index in [1.165, 1.54) is 11.1 Å². The lowest BCUT2D eigenvalue weighted by Gasteiger charge is -2.21. The molecule has 0 bridgehead atoms. The molecule has 14 heavy (non-hydrogen) atoms. The Morgan fingerprint density at radius 3 is 2.21 bits per heavy atom. The number of rotatable bonds is 2. The second kappa shape index (κ2) is 3.71. The Morgan fingerprint density at radius 2 is 1.86 bits per heavy atom. The van der Waals surface area contributed by atoms with E-state index in [2.05, 4.69) is 25.1 Å². The van der Waals surface area contributed by atoms with Crippen LogP contribution < -0.4 is 11.5 Å². The van der Waals surface area contributed by atoms with Crippen molar-refractivity contribution in [2.75, 3.05) is 0 Å². The molecular formula is C12H20N2. The van der Waals surface area contributed by atoms with Crippen molar-refractivity contribution in [1.82, 2.24) is 0 Å². The molecule has 0 radical (unpaired) electrons. The molecule has 0 fully saturated rings. The van der Waals surface area contributed by atoms with E-state index in [1.807, 2.05) is 20.8 Å². The van der Waals surface area contributed by atoms with Crippen LogP contribution in [0.1, 0.15) is 43.5 Å². The fraction of sp³-hybridized carbons (Fsp3) is 0.500. The predicted octanol–water partition coefficient (Wildman–Crippen LogP) is 2.21. The number of nitrogens with two attached hydrogens (primary N) is 2. The zero-order valence-electron chi connectivity index (χ0n) is 9.46. The lowest BCUT2D eigenvalue weighted by molar-refractivity contribution is 0.553. The summed E-state index contributed by atoms with van der Waals surface area (Å²) in [6, 6.07) is 6.35. The zero-order chi connectivity index (χ0) is 10.9. The van der Waals surface area contributed by atoms with Crippen LogP contribution in [-0.4, -0.2) is 0 Å². The van der Waals surface area contributed by atoms with Gasteiger partial charge in [-0.1, -0.05) is 18.2 Å². The van der Waals surface area contributed by atoms with Gasteiger partial charge in [0.05, 0.1) is 0 Å². The molecule has 0 aromatic heterocycles. The van der Waals surface area contributed by atoms with Gasteiger partial charge in [-0.2, -0.15) is 0 Å². The molecule has 1 aromatic rings. The fourth-order valence-corrected chi connectivity index (χ4v) is 1.59. The van der Waals surface area contributed by atoms with E-state index in [9.17, 15) is 0 Å². The molecule has 0 saturated carbocycles. The van der Waals surface area contributed by atoms with E-state index in [-0.39, 0.29) is 11.6 Å². The van der Waals surface area contributed by atoms with Gasteiger partial charge >= 0.3 is 0 Å². The smallest absolute Gasteiger partial charge is 0.0352 e. The molecule has 0 amide bonds. The zero-order valence-corrected chi connectivity index (χ0v) is 9.46. The SMILES string of the molecule is Cc1cc(C(C)(C)N)ccc1C(C)N. The topological polar surface area (TPSA) is 52.0 Å². The van der Waals surface area contributed by atoms with Gasteiger partial charge in [-0.25, -0.2) is 0 Å². The molecule has 0 spiro atoms. The number of hydrogen-bond donors (Lipinski definition) is 2. The van der Waals surface area contributed by atoms with Crippen LogP contribution in [0.4, 0.5) is 0 Å². The molecule has 0 saturated heterocycles. The summed E-state index contributed by atoms with van der Waals surface area (Å²) < 4.78 is 0. The molecular weight excluding hydrogens is 172 g/mol. The first-order valence-corrected chi connectivity index (χ1v) is 4.98. The third-order valence-electron chi connectivity index (χ3n) is 2.50. The van der Waals surface area contributed by atoms with Gasteiger partial charge in [0.15, 0.2) is 0 Å². The summed E-state index contributed by atoms with van der Waals surface area (Å²) in [5, 5.41) is 0. The Balaban J connectivity index is 3.13. The van der Waals surface area contributed by atoms with Crippen LogP contribution in [0.2, 0.25) is 0 Å². The molecule has 0 aliphatic rings. The minimum Gasteiger partial charge on any atom is -0.324 e. The van der Waals surface area contributed by atoms with Crippen molar-refractivity contribution in [3.8, 4) is 0 Å². The van der Waals surface area contributed by atoms with E-state index in [0.717, 1.165) is 5.56 Å². The van der Waals surface area contributed by atoms with E-state index in [0.29, 0.717) is 0 Å². The minimum absolute atomic E-state index is 0.0879. The number of aryl methyl sites for hydroxylation is 1. The molecule has 0 aliphatic carbocycles. The van der Waals surface area contributed by atoms with Gasteiger partial charge in [0.25, 0.3) is 0 Å². The highest BCUT2D eigenvalue weighted by molar-refractivity contribution is 5.35. The fourth-order valence-electron chi connectivity index (χ4n) is 1.59. The van der Waals surface area contributed by atoms with Crippen LogP contribution in [-0.2, 0) is 5.54 Å². The van der Waals surface area contributed by atoms with Gasteiger partial charge in [0.2, 0.25) is 0 Å². The summed E-state index contributed by atoms with van der Waals surface area (Å²) in [6.07, 6.45) is 0. The van der Waals surface area contributed by atoms with Crippen LogP contribution in [0.3, 0.4) is 0 Å². The molecule has 4 N–H and O–H groups in total. The molecule has 1 unspecified atom stereocenters. The van der Waals surface area contributed by atoms with Crippen molar-refractivity contribution < 1.29 is 0 Å². The molecule has 0 aliphatic heterocycles. The first-order valence-electron chi connectivity index (χ1n) is 4.98. The van der Waals surface area contributed by atoms with Crippen molar-refractivity contribution in [3.63, 3.8) is 0 Å². The van der Waals surface area contributed by atoms with Crippen molar-refractivity contribution in [1.29, 1.82) is 0 Å². The van der Waals surface area contributed by atoms with E-state index in [4.69, 9.17) is 11.5 Å². The largest absolute Gasteiger partial charge is 0.324 e. The lowest BCUT2D eigenvalue weighted by atomic mass is 9.91. The van der Waals surface area contributed by atoms with Gasteiger partial charge < -0.3 is 11.5 Å². The van der Waals surface area contributed by atoms with Gasteiger partial charge in [0.1, 0.15) is 0 Å². The first-order chi connectivity index (χ1) is 6.32. The summed E-state index contributed by atoms with van der Waals surface area (Å²) in [7, 11) is 0. The molecule has 2 heteroatoms. The Labute approximate surface area is 86.3 Å². The van der Waals surface area contributed by atoms with Crippen molar-refractivity contribution in [2.45, 2.75) is 39.3 Å². The van der Waals surface area contributed by atoms with Crippen molar-refractivity contribution in [3.05, 3.63) is 34.9 Å². The van der Waals surface area contributed by atoms with Crippen LogP contribution in [0.25, 0.3) is 0 Å². The normalized spacial score (nSPS) is 14.1. The van der Waals surface area contributed by atoms with E-state index < -0.39 is 0 Å². The van der Waals surface area contributed by atoms with Gasteiger partial charge in [-0.15, -0.1) is 0 Å². The molecule has 1 rings (SSSR count). The molecule has 2 nitrogen and oxygen atoms in total. The molecule has 1 aromatic carbocycles. The highest BCUT2D eigenvalue weighted by Crippen LogP contribution is 2.22. The van der Waals surface area contributed by atoms with Crippen LogP contribution in [0, 0.1) is 6.92 Å². The Hall–Kier alpha value is -0.860. The van der Waals surface area contributed by atoms with E-state index in [1.54, 1.807) is 0 Å². The average molecular weight is 192 g/mol. The summed E-state index contributed by atoms with van der Waals surface area (Å²) >= 11 is 0. The molecule has 1 atom stereocenters. The number of benzene rings is 1. The number of hydrogen-bond acceptors (Lipinski definition) is 2. The van der Waals surface area contributed by atoms with Gasteiger partial charge in [-0.3, -0.25) is 0 Å². The predicted molar refractivity (Wildman–Crippen MR) is 61.0 cm³/mol. The first kappa shape index (κ1) is 11.2.